The van der Waals surface area contributed by atoms with E-state index in [2.05, 4.69) is 5.10 Å². The molecule has 1 amide bonds. The van der Waals surface area contributed by atoms with E-state index in [1.807, 2.05) is 60.7 Å². The molecule has 1 aliphatic rings. The molecule has 4 nitrogen and oxygen atoms in total. The van der Waals surface area contributed by atoms with Gasteiger partial charge in [0.05, 0.1) is 11.1 Å². The molecule has 0 unspecified atom stereocenters. The van der Waals surface area contributed by atoms with Crippen molar-refractivity contribution < 1.29 is 9.90 Å². The molecule has 0 aliphatic carbocycles. The van der Waals surface area contributed by atoms with Crippen molar-refractivity contribution in [1.29, 1.82) is 0 Å². The highest BCUT2D eigenvalue weighted by atomic mass is 32.2. The number of nitrogens with zero attached hydrogens (tertiary/aromatic N) is 2. The van der Waals surface area contributed by atoms with E-state index in [-0.39, 0.29) is 11.7 Å². The minimum absolute atomic E-state index is 0.0997. The summed E-state index contributed by atoms with van der Waals surface area (Å²) in [6.45, 7) is 0. The van der Waals surface area contributed by atoms with Crippen LogP contribution in [-0.4, -0.2) is 26.6 Å². The number of hydrogen-bond donors (Lipinski definition) is 1. The predicted molar refractivity (Wildman–Crippen MR) is 115 cm³/mol. The standard InChI is InChI=1S/C21H14N2O2S2/c24-18-11-10-15-8-4-5-9-16(15)17(18)13-22-23-20(25)19(27-21(23)26)12-14-6-2-1-3-7-14/h1-13,24H. The molecule has 0 bridgehead atoms. The maximum Gasteiger partial charge on any atom is 0.286 e. The number of benzene rings is 3. The molecule has 0 atom stereocenters. The summed E-state index contributed by atoms with van der Waals surface area (Å²) in [5.74, 6) is -0.174. The van der Waals surface area contributed by atoms with Crippen LogP contribution in [-0.2, 0) is 4.79 Å². The number of amides is 1. The van der Waals surface area contributed by atoms with Gasteiger partial charge in [0.2, 0.25) is 0 Å². The third-order valence-electron chi connectivity index (χ3n) is 4.12. The summed E-state index contributed by atoms with van der Waals surface area (Å²) in [4.78, 5) is 13.2. The Bertz CT molecular complexity index is 1110. The molecule has 6 heteroatoms. The highest BCUT2D eigenvalue weighted by molar-refractivity contribution is 8.26. The highest BCUT2D eigenvalue weighted by Crippen LogP contribution is 2.33. The van der Waals surface area contributed by atoms with E-state index < -0.39 is 0 Å². The average Bonchev–Trinajstić information content (AvgIpc) is 2.95. The van der Waals surface area contributed by atoms with Crippen LogP contribution in [0.2, 0.25) is 0 Å². The number of phenolic OH excluding ortho intramolecular Hbond substituents is 1. The molecule has 0 aromatic heterocycles. The summed E-state index contributed by atoms with van der Waals surface area (Å²) in [7, 11) is 0. The summed E-state index contributed by atoms with van der Waals surface area (Å²) in [6, 6.07) is 20.7. The maximum absolute atomic E-state index is 12.7. The average molecular weight is 390 g/mol. The first-order chi connectivity index (χ1) is 13.1. The Morgan fingerprint density at radius 2 is 1.74 bits per heavy atom. The van der Waals surface area contributed by atoms with Crippen molar-refractivity contribution in [3.8, 4) is 5.75 Å². The lowest BCUT2D eigenvalue weighted by Gasteiger charge is -2.08. The van der Waals surface area contributed by atoms with Gasteiger partial charge < -0.3 is 5.11 Å². The SMILES string of the molecule is O=C1C(=Cc2ccccc2)SC(=S)N1N=Cc1c(O)ccc2ccccc12. The number of carbonyl (C=O) groups excluding carboxylic acids is 1. The number of carbonyl (C=O) groups is 1. The lowest BCUT2D eigenvalue weighted by atomic mass is 10.0. The number of thiocarbonyl (C=S) groups is 1. The van der Waals surface area contributed by atoms with Crippen LogP contribution in [0.5, 0.6) is 5.75 Å². The molecule has 1 N–H and O–H groups in total. The van der Waals surface area contributed by atoms with E-state index in [1.54, 1.807) is 12.1 Å². The Balaban J connectivity index is 1.65. The van der Waals surface area contributed by atoms with Gasteiger partial charge >= 0.3 is 0 Å². The van der Waals surface area contributed by atoms with Gasteiger partial charge in [-0.25, -0.2) is 0 Å². The van der Waals surface area contributed by atoms with Crippen molar-refractivity contribution in [3.05, 3.63) is 82.8 Å². The van der Waals surface area contributed by atoms with Crippen LogP contribution in [0.15, 0.2) is 76.7 Å². The fraction of sp³-hybridized carbons (Fsp3) is 0. The topological polar surface area (TPSA) is 52.9 Å². The van der Waals surface area contributed by atoms with Crippen molar-refractivity contribution >= 4 is 57.3 Å². The van der Waals surface area contributed by atoms with Crippen molar-refractivity contribution in [2.24, 2.45) is 5.10 Å². The van der Waals surface area contributed by atoms with Crippen molar-refractivity contribution in [2.75, 3.05) is 0 Å². The first kappa shape index (κ1) is 17.5. The second-order valence-electron chi connectivity index (χ2n) is 5.87. The van der Waals surface area contributed by atoms with E-state index in [0.717, 1.165) is 16.3 Å². The predicted octanol–water partition coefficient (Wildman–Crippen LogP) is 4.78. The Morgan fingerprint density at radius 3 is 2.56 bits per heavy atom. The molecule has 27 heavy (non-hydrogen) atoms. The monoisotopic (exact) mass is 390 g/mol. The molecule has 1 aliphatic heterocycles. The van der Waals surface area contributed by atoms with Crippen LogP contribution in [0.25, 0.3) is 16.8 Å². The lowest BCUT2D eigenvalue weighted by molar-refractivity contribution is -0.122. The second-order valence-corrected chi connectivity index (χ2v) is 7.54. The lowest BCUT2D eigenvalue weighted by Crippen LogP contribution is -2.22. The van der Waals surface area contributed by atoms with Gasteiger partial charge in [0.25, 0.3) is 5.91 Å². The van der Waals surface area contributed by atoms with Gasteiger partial charge in [-0.3, -0.25) is 4.79 Å². The Hall–Kier alpha value is -2.96. The molecule has 1 saturated heterocycles. The van der Waals surface area contributed by atoms with Crippen LogP contribution in [0.1, 0.15) is 11.1 Å². The number of phenols is 1. The number of rotatable bonds is 3. The quantitative estimate of drug-likeness (QED) is 0.397. The third kappa shape index (κ3) is 3.49. The van der Waals surface area contributed by atoms with Gasteiger partial charge in [-0.1, -0.05) is 72.4 Å². The fourth-order valence-corrected chi connectivity index (χ4v) is 3.97. The van der Waals surface area contributed by atoms with E-state index in [1.165, 1.54) is 23.0 Å². The van der Waals surface area contributed by atoms with Crippen LogP contribution in [0, 0.1) is 0 Å². The molecule has 4 rings (SSSR count). The summed E-state index contributed by atoms with van der Waals surface area (Å²) >= 11 is 6.52. The largest absolute Gasteiger partial charge is 0.507 e. The first-order valence-electron chi connectivity index (χ1n) is 8.21. The van der Waals surface area contributed by atoms with Gasteiger partial charge in [0.1, 0.15) is 5.75 Å². The van der Waals surface area contributed by atoms with E-state index in [9.17, 15) is 9.90 Å². The van der Waals surface area contributed by atoms with Crippen LogP contribution < -0.4 is 0 Å². The van der Waals surface area contributed by atoms with Crippen molar-refractivity contribution in [2.45, 2.75) is 0 Å². The second kappa shape index (κ2) is 7.34. The molecule has 132 valence electrons. The molecule has 0 radical (unpaired) electrons. The highest BCUT2D eigenvalue weighted by Gasteiger charge is 2.32. The van der Waals surface area contributed by atoms with E-state index in [4.69, 9.17) is 12.2 Å². The number of hydrogen-bond acceptors (Lipinski definition) is 5. The smallest absolute Gasteiger partial charge is 0.286 e. The molecule has 0 spiro atoms. The molecule has 3 aromatic rings. The molecule has 0 saturated carbocycles. The number of thioether (sulfide) groups is 1. The summed E-state index contributed by atoms with van der Waals surface area (Å²) in [5.41, 5.74) is 1.47. The normalized spacial score (nSPS) is 16.1. The van der Waals surface area contributed by atoms with Crippen LogP contribution in [0.3, 0.4) is 0 Å². The van der Waals surface area contributed by atoms with Gasteiger partial charge in [-0.2, -0.15) is 10.1 Å². The molecular formula is C21H14N2O2S2. The zero-order valence-corrected chi connectivity index (χ0v) is 15.7. The molecule has 1 fully saturated rings. The summed E-state index contributed by atoms with van der Waals surface area (Å²) < 4.78 is 0.359. The van der Waals surface area contributed by atoms with Crippen LogP contribution in [0.4, 0.5) is 0 Å². The summed E-state index contributed by atoms with van der Waals surface area (Å²) in [5, 5.41) is 17.5. The van der Waals surface area contributed by atoms with E-state index in [0.29, 0.717) is 14.8 Å². The van der Waals surface area contributed by atoms with Gasteiger partial charge in [0.15, 0.2) is 4.32 Å². The summed E-state index contributed by atoms with van der Waals surface area (Å²) in [6.07, 6.45) is 3.28. The van der Waals surface area contributed by atoms with E-state index >= 15 is 0 Å². The zero-order chi connectivity index (χ0) is 18.8. The van der Waals surface area contributed by atoms with Gasteiger partial charge in [-0.15, -0.1) is 0 Å². The number of hydrazone groups is 1. The number of fused-ring (bicyclic) bond motifs is 1. The molecular weight excluding hydrogens is 376 g/mol. The minimum atomic E-state index is -0.273. The Labute approximate surface area is 165 Å². The minimum Gasteiger partial charge on any atom is -0.507 e. The van der Waals surface area contributed by atoms with Gasteiger partial charge in [-0.05, 0) is 40.7 Å². The molecule has 3 aromatic carbocycles. The Kier molecular flexibility index (Phi) is 4.75. The van der Waals surface area contributed by atoms with Crippen LogP contribution >= 0.6 is 24.0 Å². The molecule has 1 heterocycles. The fourth-order valence-electron chi connectivity index (χ4n) is 2.79. The maximum atomic E-state index is 12.7. The zero-order valence-electron chi connectivity index (χ0n) is 14.1. The third-order valence-corrected chi connectivity index (χ3v) is 5.40. The number of aromatic hydroxyl groups is 1. The van der Waals surface area contributed by atoms with Crippen molar-refractivity contribution in [1.82, 2.24) is 5.01 Å². The first-order valence-corrected chi connectivity index (χ1v) is 9.44. The van der Waals surface area contributed by atoms with Gasteiger partial charge in [0, 0.05) is 5.56 Å². The van der Waals surface area contributed by atoms with Crippen molar-refractivity contribution in [3.63, 3.8) is 0 Å². The Morgan fingerprint density at radius 1 is 1.00 bits per heavy atom.